The first-order valence-electron chi connectivity index (χ1n) is 5.16. The minimum atomic E-state index is -3.85. The second-order valence-electron chi connectivity index (χ2n) is 3.61. The van der Waals surface area contributed by atoms with E-state index in [4.69, 9.17) is 5.84 Å². The van der Waals surface area contributed by atoms with Crippen LogP contribution in [0.2, 0.25) is 0 Å². The molecule has 0 aliphatic rings. The largest absolute Gasteiger partial charge is 0.310 e. The molecule has 0 saturated carbocycles. The molecule has 2 rings (SSSR count). The number of nitrogens with two attached hydrogens (primary N) is 1. The van der Waals surface area contributed by atoms with Gasteiger partial charge in [-0.15, -0.1) is 0 Å². The van der Waals surface area contributed by atoms with Gasteiger partial charge in [0.15, 0.2) is 5.00 Å². The second-order valence-corrected chi connectivity index (χ2v) is 6.66. The van der Waals surface area contributed by atoms with Crippen LogP contribution in [0.15, 0.2) is 22.7 Å². The van der Waals surface area contributed by atoms with E-state index in [2.05, 4.69) is 20.3 Å². The van der Waals surface area contributed by atoms with Crippen LogP contribution in [0.1, 0.15) is 5.56 Å². The summed E-state index contributed by atoms with van der Waals surface area (Å²) in [7, 11) is -3.85. The summed E-state index contributed by atoms with van der Waals surface area (Å²) in [5.41, 5.74) is 2.36. The lowest BCUT2D eigenvalue weighted by molar-refractivity contribution is -0.383. The molecule has 0 bridgehead atoms. The lowest BCUT2D eigenvalue weighted by Crippen LogP contribution is -2.22. The van der Waals surface area contributed by atoms with Crippen molar-refractivity contribution in [1.82, 2.24) is 14.9 Å². The van der Waals surface area contributed by atoms with Gasteiger partial charge in [-0.1, -0.05) is 11.3 Å². The normalized spacial score (nSPS) is 11.4. The number of nitro groups is 1. The third-order valence-electron chi connectivity index (χ3n) is 2.30. The number of H-pyrrole nitrogens is 1. The van der Waals surface area contributed by atoms with E-state index in [0.717, 1.165) is 6.07 Å². The van der Waals surface area contributed by atoms with Gasteiger partial charge < -0.3 is 5.43 Å². The molecule has 0 saturated heterocycles. The Balaban J connectivity index is 2.23. The van der Waals surface area contributed by atoms with E-state index in [1.807, 2.05) is 0 Å². The first-order chi connectivity index (χ1) is 9.44. The number of rotatable bonds is 6. The Hall–Kier alpha value is -2.02. The molecule has 0 aliphatic heterocycles. The maximum Gasteiger partial charge on any atom is 0.306 e. The maximum atomic E-state index is 12.0. The van der Waals surface area contributed by atoms with E-state index in [-0.39, 0.29) is 21.4 Å². The van der Waals surface area contributed by atoms with Crippen LogP contribution in [0.3, 0.4) is 0 Å². The van der Waals surface area contributed by atoms with Crippen molar-refractivity contribution < 1.29 is 13.3 Å². The highest BCUT2D eigenvalue weighted by molar-refractivity contribution is 7.91. The van der Waals surface area contributed by atoms with Crippen LogP contribution >= 0.6 is 11.3 Å². The molecule has 20 heavy (non-hydrogen) atoms. The summed E-state index contributed by atoms with van der Waals surface area (Å²) in [5.74, 6) is 5.12. The standard InChI is InChI=1S/C8H10N6O4S2/c9-13-8-6(14(15)16)1-7(19-8)20(17,18)12-4-5-2-10-11-3-5/h1-3,12-13H,4,9H2,(H,10,11). The molecule has 0 aliphatic carbocycles. The van der Waals surface area contributed by atoms with E-state index in [0.29, 0.717) is 16.9 Å². The summed E-state index contributed by atoms with van der Waals surface area (Å²) < 4.78 is 26.1. The van der Waals surface area contributed by atoms with Crippen molar-refractivity contribution in [2.45, 2.75) is 10.8 Å². The molecule has 0 amide bonds. The number of nitrogens with zero attached hydrogens (tertiary/aromatic N) is 2. The van der Waals surface area contributed by atoms with Crippen LogP contribution in [-0.4, -0.2) is 23.5 Å². The molecule has 5 N–H and O–H groups in total. The lowest BCUT2D eigenvalue weighted by atomic mass is 10.4. The molecule has 0 spiro atoms. The molecule has 2 aromatic heterocycles. The van der Waals surface area contributed by atoms with Gasteiger partial charge in [-0.05, 0) is 0 Å². The molecule has 0 atom stereocenters. The molecule has 108 valence electrons. The predicted molar refractivity (Wildman–Crippen MR) is 71.4 cm³/mol. The van der Waals surface area contributed by atoms with Gasteiger partial charge in [-0.25, -0.2) is 19.0 Å². The fourth-order valence-electron chi connectivity index (χ4n) is 1.35. The number of sulfonamides is 1. The highest BCUT2D eigenvalue weighted by Gasteiger charge is 2.25. The second kappa shape index (κ2) is 5.54. The summed E-state index contributed by atoms with van der Waals surface area (Å²) >= 11 is 0.680. The van der Waals surface area contributed by atoms with Gasteiger partial charge >= 0.3 is 5.69 Å². The van der Waals surface area contributed by atoms with Crippen molar-refractivity contribution in [3.05, 3.63) is 34.1 Å². The zero-order valence-electron chi connectivity index (χ0n) is 9.86. The van der Waals surface area contributed by atoms with Crippen LogP contribution in [-0.2, 0) is 16.6 Å². The maximum absolute atomic E-state index is 12.0. The summed E-state index contributed by atoms with van der Waals surface area (Å²) in [6, 6.07) is 0.956. The Labute approximate surface area is 117 Å². The van der Waals surface area contributed by atoms with Crippen molar-refractivity contribution in [3.8, 4) is 0 Å². The van der Waals surface area contributed by atoms with E-state index in [1.54, 1.807) is 0 Å². The van der Waals surface area contributed by atoms with Crippen LogP contribution in [0.25, 0.3) is 0 Å². The molecule has 2 heterocycles. The number of thiophene rings is 1. The Bertz CT molecular complexity index is 707. The van der Waals surface area contributed by atoms with Crippen molar-refractivity contribution in [2.24, 2.45) is 5.84 Å². The fraction of sp³-hybridized carbons (Fsp3) is 0.125. The van der Waals surface area contributed by atoms with Gasteiger partial charge in [0, 0.05) is 24.4 Å². The highest BCUT2D eigenvalue weighted by atomic mass is 32.2. The van der Waals surface area contributed by atoms with E-state index in [1.165, 1.54) is 12.4 Å². The van der Waals surface area contributed by atoms with Crippen LogP contribution in [0.4, 0.5) is 10.7 Å². The predicted octanol–water partition coefficient (Wildman–Crippen LogP) is 0.144. The van der Waals surface area contributed by atoms with Crippen LogP contribution in [0, 0.1) is 10.1 Å². The molecule has 0 unspecified atom stereocenters. The number of nitrogens with one attached hydrogen (secondary N) is 3. The molecule has 0 fully saturated rings. The number of aromatic amines is 1. The smallest absolute Gasteiger partial charge is 0.306 e. The van der Waals surface area contributed by atoms with Gasteiger partial charge in [0.05, 0.1) is 11.1 Å². The molecule has 0 aromatic carbocycles. The summed E-state index contributed by atoms with van der Waals surface area (Å²) in [4.78, 5) is 10.0. The third-order valence-corrected chi connectivity index (χ3v) is 5.23. The first kappa shape index (κ1) is 14.4. The monoisotopic (exact) mass is 318 g/mol. The van der Waals surface area contributed by atoms with Crippen LogP contribution in [0.5, 0.6) is 0 Å². The molecular weight excluding hydrogens is 308 g/mol. The first-order valence-corrected chi connectivity index (χ1v) is 7.46. The van der Waals surface area contributed by atoms with Gasteiger partial charge in [0.25, 0.3) is 10.0 Å². The van der Waals surface area contributed by atoms with Crippen LogP contribution < -0.4 is 16.0 Å². The number of aromatic nitrogens is 2. The highest BCUT2D eigenvalue weighted by Crippen LogP contribution is 2.36. The number of hydrogen-bond donors (Lipinski definition) is 4. The zero-order valence-corrected chi connectivity index (χ0v) is 11.5. The molecule has 12 heteroatoms. The van der Waals surface area contributed by atoms with Gasteiger partial charge in [0.2, 0.25) is 0 Å². The topological polar surface area (TPSA) is 156 Å². The minimum Gasteiger partial charge on any atom is -0.310 e. The lowest BCUT2D eigenvalue weighted by Gasteiger charge is -2.01. The Morgan fingerprint density at radius 3 is 2.80 bits per heavy atom. The van der Waals surface area contributed by atoms with Gasteiger partial charge in [-0.3, -0.25) is 15.2 Å². The quantitative estimate of drug-likeness (QED) is 0.335. The molecular formula is C8H10N6O4S2. The zero-order chi connectivity index (χ0) is 14.8. The average Bonchev–Trinajstić information content (AvgIpc) is 3.05. The molecule has 0 radical (unpaired) electrons. The van der Waals surface area contributed by atoms with E-state index < -0.39 is 14.9 Å². The van der Waals surface area contributed by atoms with Crippen molar-refractivity contribution >= 4 is 32.0 Å². The SMILES string of the molecule is NNc1sc(S(=O)(=O)NCc2cn[nH]c2)cc1[N+](=O)[O-]. The summed E-state index contributed by atoms with van der Waals surface area (Å²) in [5, 5.41) is 16.9. The number of anilines is 1. The molecule has 10 nitrogen and oxygen atoms in total. The summed E-state index contributed by atoms with van der Waals surface area (Å²) in [6.45, 7) is 0.0237. The fourth-order valence-corrected chi connectivity index (χ4v) is 3.65. The van der Waals surface area contributed by atoms with Gasteiger partial charge in [0.1, 0.15) is 4.21 Å². The Morgan fingerprint density at radius 1 is 1.55 bits per heavy atom. The summed E-state index contributed by atoms with van der Waals surface area (Å²) in [6.07, 6.45) is 3.00. The number of nitrogen functional groups attached to an aromatic ring is 1. The van der Waals surface area contributed by atoms with E-state index >= 15 is 0 Å². The van der Waals surface area contributed by atoms with Crippen molar-refractivity contribution in [1.29, 1.82) is 0 Å². The Kier molecular flexibility index (Phi) is 3.99. The van der Waals surface area contributed by atoms with Crippen molar-refractivity contribution in [2.75, 3.05) is 5.43 Å². The van der Waals surface area contributed by atoms with Gasteiger partial charge in [-0.2, -0.15) is 5.10 Å². The average molecular weight is 318 g/mol. The molecule has 2 aromatic rings. The minimum absolute atomic E-state index is 0.0237. The number of hydrazine groups is 1. The van der Waals surface area contributed by atoms with Crippen molar-refractivity contribution in [3.63, 3.8) is 0 Å². The number of hydrogen-bond acceptors (Lipinski definition) is 8. The third kappa shape index (κ3) is 2.93. The van der Waals surface area contributed by atoms with E-state index in [9.17, 15) is 18.5 Å². The Morgan fingerprint density at radius 2 is 2.30 bits per heavy atom.